The van der Waals surface area contributed by atoms with E-state index in [0.717, 1.165) is 43.4 Å². The lowest BCUT2D eigenvalue weighted by molar-refractivity contribution is 0.0556. The quantitative estimate of drug-likeness (QED) is 0.748. The molecule has 2 aliphatic heterocycles. The molecule has 2 aromatic carbocycles. The number of benzene rings is 2. The first-order valence-corrected chi connectivity index (χ1v) is 11.5. The van der Waals surface area contributed by atoms with Gasteiger partial charge in [-0.1, -0.05) is 43.2 Å². The fourth-order valence-corrected chi connectivity index (χ4v) is 6.05. The van der Waals surface area contributed by atoms with Gasteiger partial charge >= 0.3 is 0 Å². The third-order valence-electron chi connectivity index (χ3n) is 7.63. The van der Waals surface area contributed by atoms with Crippen molar-refractivity contribution in [2.75, 3.05) is 26.7 Å². The number of carbonyl (C=O) groups is 1. The van der Waals surface area contributed by atoms with E-state index >= 15 is 0 Å². The minimum atomic E-state index is 0.191. The van der Waals surface area contributed by atoms with Crippen molar-refractivity contribution in [1.29, 1.82) is 0 Å². The summed E-state index contributed by atoms with van der Waals surface area (Å²) in [5.74, 6) is 1.97. The molecule has 1 amide bonds. The fraction of sp³-hybridized carbons (Fsp3) is 0.500. The van der Waals surface area contributed by atoms with Crippen LogP contribution in [0.5, 0.6) is 5.75 Å². The van der Waals surface area contributed by atoms with Crippen molar-refractivity contribution in [3.8, 4) is 5.75 Å². The number of amides is 1. The van der Waals surface area contributed by atoms with Gasteiger partial charge in [-0.05, 0) is 49.1 Å². The summed E-state index contributed by atoms with van der Waals surface area (Å²) in [5.41, 5.74) is 2.15. The van der Waals surface area contributed by atoms with E-state index in [2.05, 4.69) is 34.1 Å². The Morgan fingerprint density at radius 2 is 1.67 bits per heavy atom. The van der Waals surface area contributed by atoms with E-state index in [-0.39, 0.29) is 5.91 Å². The maximum Gasteiger partial charge on any atom is 0.254 e. The van der Waals surface area contributed by atoms with Gasteiger partial charge in [-0.25, -0.2) is 0 Å². The molecule has 0 aromatic heterocycles. The van der Waals surface area contributed by atoms with Crippen LogP contribution in [0, 0.1) is 5.92 Å². The number of hydrogen-bond acceptors (Lipinski definition) is 3. The largest absolute Gasteiger partial charge is 0.497 e. The molecule has 30 heavy (non-hydrogen) atoms. The van der Waals surface area contributed by atoms with Crippen LogP contribution in [0.1, 0.15) is 53.9 Å². The summed E-state index contributed by atoms with van der Waals surface area (Å²) < 4.78 is 5.37. The summed E-state index contributed by atoms with van der Waals surface area (Å²) in [6, 6.07) is 19.4. The molecule has 2 aromatic rings. The topological polar surface area (TPSA) is 32.8 Å². The normalized spacial score (nSPS) is 27.2. The van der Waals surface area contributed by atoms with E-state index in [1.807, 2.05) is 30.3 Å². The number of carbonyl (C=O) groups excluding carboxylic acids is 1. The maximum atomic E-state index is 13.4. The first kappa shape index (κ1) is 19.6. The van der Waals surface area contributed by atoms with E-state index in [1.54, 1.807) is 7.11 Å². The second-order valence-corrected chi connectivity index (χ2v) is 9.16. The van der Waals surface area contributed by atoms with Gasteiger partial charge < -0.3 is 9.64 Å². The lowest BCUT2D eigenvalue weighted by atomic mass is 9.81. The van der Waals surface area contributed by atoms with Crippen LogP contribution >= 0.6 is 0 Å². The molecule has 0 unspecified atom stereocenters. The highest BCUT2D eigenvalue weighted by Crippen LogP contribution is 2.43. The summed E-state index contributed by atoms with van der Waals surface area (Å²) in [4.78, 5) is 18.3. The molecule has 0 N–H and O–H groups in total. The highest BCUT2D eigenvalue weighted by Gasteiger charge is 2.48. The Bertz CT molecular complexity index is 860. The summed E-state index contributed by atoms with van der Waals surface area (Å²) in [6.45, 7) is 3.05. The van der Waals surface area contributed by atoms with Crippen LogP contribution in [0.4, 0.5) is 0 Å². The Balaban J connectivity index is 1.43. The smallest absolute Gasteiger partial charge is 0.254 e. The fourth-order valence-electron chi connectivity index (χ4n) is 6.05. The van der Waals surface area contributed by atoms with Crippen molar-refractivity contribution in [3.05, 3.63) is 65.7 Å². The van der Waals surface area contributed by atoms with Gasteiger partial charge in [0.05, 0.1) is 7.11 Å². The molecule has 0 spiro atoms. The Morgan fingerprint density at radius 3 is 2.37 bits per heavy atom. The van der Waals surface area contributed by atoms with E-state index < -0.39 is 0 Å². The third kappa shape index (κ3) is 3.62. The average molecular weight is 405 g/mol. The van der Waals surface area contributed by atoms with Gasteiger partial charge in [-0.3, -0.25) is 9.69 Å². The van der Waals surface area contributed by atoms with Crippen molar-refractivity contribution < 1.29 is 9.53 Å². The van der Waals surface area contributed by atoms with E-state index in [9.17, 15) is 4.79 Å². The van der Waals surface area contributed by atoms with Gasteiger partial charge in [0, 0.05) is 49.1 Å². The second-order valence-electron chi connectivity index (χ2n) is 9.16. The van der Waals surface area contributed by atoms with Crippen LogP contribution in [0.15, 0.2) is 54.6 Å². The number of nitrogens with zero attached hydrogens (tertiary/aromatic N) is 2. The van der Waals surface area contributed by atoms with Crippen molar-refractivity contribution in [2.24, 2.45) is 5.92 Å². The van der Waals surface area contributed by atoms with Gasteiger partial charge in [-0.15, -0.1) is 0 Å². The number of methoxy groups -OCH3 is 1. The van der Waals surface area contributed by atoms with Gasteiger partial charge in [-0.2, -0.15) is 0 Å². The lowest BCUT2D eigenvalue weighted by Gasteiger charge is -2.41. The molecule has 3 aliphatic rings. The minimum absolute atomic E-state index is 0.191. The van der Waals surface area contributed by atoms with Crippen LogP contribution in [0.25, 0.3) is 0 Å². The van der Waals surface area contributed by atoms with Crippen molar-refractivity contribution in [1.82, 2.24) is 9.80 Å². The van der Waals surface area contributed by atoms with Gasteiger partial charge in [0.2, 0.25) is 0 Å². The predicted octanol–water partition coefficient (Wildman–Crippen LogP) is 4.57. The molecule has 2 saturated heterocycles. The SMILES string of the molecule is COc1ccc([C@H]2CN(C(=O)c3ccccc3)[C@@H]3CCN(C4CCCC4)C[C@H]23)cc1. The summed E-state index contributed by atoms with van der Waals surface area (Å²) in [7, 11) is 1.71. The van der Waals surface area contributed by atoms with Gasteiger partial charge in [0.15, 0.2) is 0 Å². The van der Waals surface area contributed by atoms with Gasteiger partial charge in [0.1, 0.15) is 5.75 Å². The maximum absolute atomic E-state index is 13.4. The molecule has 4 nitrogen and oxygen atoms in total. The van der Waals surface area contributed by atoms with E-state index in [0.29, 0.717) is 17.9 Å². The van der Waals surface area contributed by atoms with Crippen LogP contribution in [-0.2, 0) is 0 Å². The van der Waals surface area contributed by atoms with Crippen molar-refractivity contribution in [3.63, 3.8) is 0 Å². The first-order valence-electron chi connectivity index (χ1n) is 11.5. The standard InChI is InChI=1S/C26H32N2O2/c1-30-22-13-11-19(12-14-22)23-18-28(26(29)20-7-3-2-4-8-20)25-15-16-27(17-24(23)25)21-9-5-6-10-21/h2-4,7-8,11-14,21,23-25H,5-6,9-10,15-18H2,1H3/t23-,24-,25-/m1/s1. The van der Waals surface area contributed by atoms with E-state index in [1.165, 1.54) is 31.2 Å². The number of rotatable bonds is 4. The van der Waals surface area contributed by atoms with Gasteiger partial charge in [0.25, 0.3) is 5.91 Å². The number of ether oxygens (including phenoxy) is 1. The Morgan fingerprint density at radius 1 is 0.933 bits per heavy atom. The molecule has 158 valence electrons. The average Bonchev–Trinajstić information content (AvgIpc) is 3.47. The molecule has 2 heterocycles. The Hall–Kier alpha value is -2.33. The summed E-state index contributed by atoms with van der Waals surface area (Å²) >= 11 is 0. The number of piperidine rings is 1. The number of hydrogen-bond donors (Lipinski definition) is 0. The van der Waals surface area contributed by atoms with Crippen LogP contribution in [0.2, 0.25) is 0 Å². The number of fused-ring (bicyclic) bond motifs is 1. The van der Waals surface area contributed by atoms with E-state index in [4.69, 9.17) is 4.74 Å². The Kier molecular flexibility index (Phi) is 5.51. The summed E-state index contributed by atoms with van der Waals surface area (Å²) in [6.07, 6.45) is 6.52. The lowest BCUT2D eigenvalue weighted by Crippen LogP contribution is -2.50. The molecule has 4 heteroatoms. The Labute approximate surface area is 179 Å². The molecule has 0 bridgehead atoms. The predicted molar refractivity (Wildman–Crippen MR) is 119 cm³/mol. The van der Waals surface area contributed by atoms with Crippen LogP contribution in [-0.4, -0.2) is 54.5 Å². The monoisotopic (exact) mass is 404 g/mol. The highest BCUT2D eigenvalue weighted by atomic mass is 16.5. The van der Waals surface area contributed by atoms with Crippen molar-refractivity contribution >= 4 is 5.91 Å². The van der Waals surface area contributed by atoms with Crippen molar-refractivity contribution in [2.45, 2.75) is 50.1 Å². The molecule has 1 saturated carbocycles. The molecular formula is C26H32N2O2. The van der Waals surface area contributed by atoms with Crippen LogP contribution in [0.3, 0.4) is 0 Å². The minimum Gasteiger partial charge on any atom is -0.497 e. The molecule has 3 atom stereocenters. The second kappa shape index (κ2) is 8.43. The third-order valence-corrected chi connectivity index (χ3v) is 7.63. The zero-order valence-corrected chi connectivity index (χ0v) is 17.9. The molecule has 0 radical (unpaired) electrons. The molecule has 1 aliphatic carbocycles. The molecule has 5 rings (SSSR count). The van der Waals surface area contributed by atoms with Crippen LogP contribution < -0.4 is 4.74 Å². The highest BCUT2D eigenvalue weighted by molar-refractivity contribution is 5.94. The molecule has 3 fully saturated rings. The first-order chi connectivity index (χ1) is 14.7. The zero-order valence-electron chi connectivity index (χ0n) is 17.9. The number of likely N-dealkylation sites (tertiary alicyclic amines) is 2. The zero-order chi connectivity index (χ0) is 20.5. The summed E-state index contributed by atoms with van der Waals surface area (Å²) in [5, 5.41) is 0. The molecular weight excluding hydrogens is 372 g/mol.